The molecule has 0 saturated carbocycles. The summed E-state index contributed by atoms with van der Waals surface area (Å²) in [5.74, 6) is 0.239. The number of nitrogens with one attached hydrogen (secondary N) is 1. The van der Waals surface area contributed by atoms with Gasteiger partial charge >= 0.3 is 0 Å². The summed E-state index contributed by atoms with van der Waals surface area (Å²) in [7, 11) is 0.212. The van der Waals surface area contributed by atoms with Crippen molar-refractivity contribution in [3.63, 3.8) is 0 Å². The van der Waals surface area contributed by atoms with Gasteiger partial charge < -0.3 is 10.6 Å². The van der Waals surface area contributed by atoms with Crippen molar-refractivity contribution in [1.82, 2.24) is 19.4 Å². The first kappa shape index (κ1) is 18.1. The molecular formula is C13H27N5O2S. The second-order valence-corrected chi connectivity index (χ2v) is 7.75. The number of rotatable bonds is 8. The van der Waals surface area contributed by atoms with Crippen LogP contribution in [-0.4, -0.2) is 61.5 Å². The predicted octanol–water partition coefficient (Wildman–Crippen LogP) is 0.385. The van der Waals surface area contributed by atoms with Crippen LogP contribution in [0.5, 0.6) is 0 Å². The summed E-state index contributed by atoms with van der Waals surface area (Å²) in [5.41, 5.74) is 6.93. The first-order valence-electron chi connectivity index (χ1n) is 7.09. The summed E-state index contributed by atoms with van der Waals surface area (Å²) in [6, 6.07) is 0. The third-order valence-electron chi connectivity index (χ3n) is 3.19. The topological polar surface area (TPSA) is 95.3 Å². The van der Waals surface area contributed by atoms with Crippen LogP contribution in [0.1, 0.15) is 25.1 Å². The van der Waals surface area contributed by atoms with Crippen molar-refractivity contribution < 1.29 is 8.42 Å². The Labute approximate surface area is 127 Å². The number of H-pyrrole nitrogens is 1. The number of hydrogen-bond acceptors (Lipinski definition) is 5. The number of nitrogens with two attached hydrogens (primary N) is 1. The summed E-state index contributed by atoms with van der Waals surface area (Å²) in [6.45, 7) is 7.49. The van der Waals surface area contributed by atoms with Crippen LogP contribution >= 0.6 is 0 Å². The minimum atomic E-state index is -3.63. The Morgan fingerprint density at radius 1 is 1.29 bits per heavy atom. The lowest BCUT2D eigenvalue weighted by molar-refractivity contribution is 0.312. The molecule has 7 nitrogen and oxygen atoms in total. The van der Waals surface area contributed by atoms with Crippen LogP contribution < -0.4 is 5.73 Å². The van der Waals surface area contributed by atoms with E-state index in [1.165, 1.54) is 4.31 Å². The molecule has 0 aromatic carbocycles. The van der Waals surface area contributed by atoms with E-state index in [-0.39, 0.29) is 17.5 Å². The molecule has 122 valence electrons. The molecule has 0 saturated heterocycles. The number of aromatic amines is 1. The highest BCUT2D eigenvalue weighted by molar-refractivity contribution is 7.89. The highest BCUT2D eigenvalue weighted by Crippen LogP contribution is 2.21. The Kier molecular flexibility index (Phi) is 6.33. The van der Waals surface area contributed by atoms with Crippen molar-refractivity contribution in [3.05, 3.63) is 11.3 Å². The number of hydrogen-bond donors (Lipinski definition) is 2. The van der Waals surface area contributed by atoms with Crippen molar-refractivity contribution in [3.8, 4) is 0 Å². The van der Waals surface area contributed by atoms with E-state index in [9.17, 15) is 8.42 Å². The van der Waals surface area contributed by atoms with Crippen molar-refractivity contribution in [2.75, 3.05) is 33.7 Å². The van der Waals surface area contributed by atoms with Gasteiger partial charge in [0.05, 0.1) is 0 Å². The molecule has 21 heavy (non-hydrogen) atoms. The summed E-state index contributed by atoms with van der Waals surface area (Å²) < 4.78 is 27.2. The average molecular weight is 317 g/mol. The molecule has 1 aromatic heterocycles. The van der Waals surface area contributed by atoms with Gasteiger partial charge in [-0.1, -0.05) is 13.8 Å². The number of sulfonamides is 1. The summed E-state index contributed by atoms with van der Waals surface area (Å²) in [5, 5.41) is 6.74. The fourth-order valence-electron chi connectivity index (χ4n) is 2.03. The number of aryl methyl sites for hydroxylation is 1. The largest absolute Gasteiger partial charge is 0.326 e. The molecule has 0 fully saturated rings. The maximum atomic E-state index is 12.8. The maximum absolute atomic E-state index is 12.8. The third kappa shape index (κ3) is 4.50. The van der Waals surface area contributed by atoms with Crippen LogP contribution in [0.2, 0.25) is 0 Å². The molecule has 0 aliphatic heterocycles. The molecule has 0 atom stereocenters. The zero-order valence-electron chi connectivity index (χ0n) is 13.5. The third-order valence-corrected chi connectivity index (χ3v) is 5.03. The fourth-order valence-corrected chi connectivity index (χ4v) is 3.80. The highest BCUT2D eigenvalue weighted by atomic mass is 32.2. The van der Waals surface area contributed by atoms with E-state index in [1.54, 1.807) is 6.92 Å². The van der Waals surface area contributed by atoms with Gasteiger partial charge in [-0.05, 0) is 26.9 Å². The molecule has 0 unspecified atom stereocenters. The minimum Gasteiger partial charge on any atom is -0.326 e. The second-order valence-electron chi connectivity index (χ2n) is 5.90. The van der Waals surface area contributed by atoms with E-state index >= 15 is 0 Å². The standard InChI is InChI=1S/C13H27N5O2S/c1-10(2)9-18(7-6-17(4)5)21(19,20)13-12(8-14)11(3)15-16-13/h10H,6-9,14H2,1-5H3,(H,15,16). The SMILES string of the molecule is Cc1[nH]nc(S(=O)(=O)N(CCN(C)C)CC(C)C)c1CN. The number of aromatic nitrogens is 2. The molecule has 3 N–H and O–H groups in total. The lowest BCUT2D eigenvalue weighted by Gasteiger charge is -2.24. The maximum Gasteiger partial charge on any atom is 0.262 e. The highest BCUT2D eigenvalue weighted by Gasteiger charge is 2.30. The first-order chi connectivity index (χ1) is 9.70. The number of likely N-dealkylation sites (N-methyl/N-ethyl adjacent to an activating group) is 1. The Morgan fingerprint density at radius 2 is 1.90 bits per heavy atom. The minimum absolute atomic E-state index is 0.0573. The van der Waals surface area contributed by atoms with Crippen molar-refractivity contribution in [1.29, 1.82) is 0 Å². The summed E-state index contributed by atoms with van der Waals surface area (Å²) in [6.07, 6.45) is 0. The van der Waals surface area contributed by atoms with E-state index < -0.39 is 10.0 Å². The van der Waals surface area contributed by atoms with Gasteiger partial charge in [0.25, 0.3) is 10.0 Å². The molecule has 8 heteroatoms. The quantitative estimate of drug-likeness (QED) is 0.723. The van der Waals surface area contributed by atoms with E-state index in [1.807, 2.05) is 32.8 Å². The predicted molar refractivity (Wildman–Crippen MR) is 83.4 cm³/mol. The van der Waals surface area contributed by atoms with Gasteiger partial charge in [-0.3, -0.25) is 5.10 Å². The zero-order valence-corrected chi connectivity index (χ0v) is 14.4. The van der Waals surface area contributed by atoms with Gasteiger partial charge in [-0.15, -0.1) is 0 Å². The Morgan fingerprint density at radius 3 is 2.38 bits per heavy atom. The molecule has 0 aliphatic rings. The lowest BCUT2D eigenvalue weighted by Crippen LogP contribution is -2.39. The van der Waals surface area contributed by atoms with Gasteiger partial charge in [0.1, 0.15) is 0 Å². The van der Waals surface area contributed by atoms with Crippen LogP contribution in [0.4, 0.5) is 0 Å². The number of nitrogens with zero attached hydrogens (tertiary/aromatic N) is 3. The van der Waals surface area contributed by atoms with Gasteiger partial charge in [-0.25, -0.2) is 8.42 Å². The second kappa shape index (κ2) is 7.35. The first-order valence-corrected chi connectivity index (χ1v) is 8.53. The van der Waals surface area contributed by atoms with E-state index in [4.69, 9.17) is 5.73 Å². The zero-order chi connectivity index (χ0) is 16.2. The van der Waals surface area contributed by atoms with Crippen LogP contribution in [0.15, 0.2) is 5.03 Å². The Hall–Kier alpha value is -0.960. The van der Waals surface area contributed by atoms with Gasteiger partial charge in [0, 0.05) is 37.4 Å². The fraction of sp³-hybridized carbons (Fsp3) is 0.769. The van der Waals surface area contributed by atoms with E-state index in [0.717, 1.165) is 0 Å². The monoisotopic (exact) mass is 317 g/mol. The molecule has 0 bridgehead atoms. The smallest absolute Gasteiger partial charge is 0.262 e. The van der Waals surface area contributed by atoms with Crippen LogP contribution in [0.25, 0.3) is 0 Å². The molecule has 0 aliphatic carbocycles. The molecule has 1 aromatic rings. The van der Waals surface area contributed by atoms with E-state index in [0.29, 0.717) is 30.9 Å². The average Bonchev–Trinajstić information content (AvgIpc) is 2.75. The summed E-state index contributed by atoms with van der Waals surface area (Å²) in [4.78, 5) is 1.96. The lowest BCUT2D eigenvalue weighted by atomic mass is 10.2. The van der Waals surface area contributed by atoms with E-state index in [2.05, 4.69) is 10.2 Å². The molecule has 1 heterocycles. The van der Waals surface area contributed by atoms with Gasteiger partial charge in [-0.2, -0.15) is 9.40 Å². The molecular weight excluding hydrogens is 290 g/mol. The molecule has 0 radical (unpaired) electrons. The molecule has 0 amide bonds. The van der Waals surface area contributed by atoms with Crippen LogP contribution in [0.3, 0.4) is 0 Å². The van der Waals surface area contributed by atoms with Gasteiger partial charge in [0.15, 0.2) is 5.03 Å². The van der Waals surface area contributed by atoms with Crippen LogP contribution in [0, 0.1) is 12.8 Å². The molecule has 1 rings (SSSR count). The van der Waals surface area contributed by atoms with Crippen molar-refractivity contribution >= 4 is 10.0 Å². The van der Waals surface area contributed by atoms with Crippen molar-refractivity contribution in [2.45, 2.75) is 32.3 Å². The van der Waals surface area contributed by atoms with Crippen LogP contribution in [-0.2, 0) is 16.6 Å². The molecule has 0 spiro atoms. The summed E-state index contributed by atoms with van der Waals surface area (Å²) >= 11 is 0. The van der Waals surface area contributed by atoms with Gasteiger partial charge in [0.2, 0.25) is 0 Å². The Bertz CT molecular complexity index is 551. The van der Waals surface area contributed by atoms with Crippen molar-refractivity contribution in [2.24, 2.45) is 11.7 Å². The Balaban J connectivity index is 3.13. The normalized spacial score (nSPS) is 12.8.